The number of amides is 2. The standard InChI is InChI=1S/C21H20ClN5O5/c1-2-10-7-11(24-19(28)18(23)26-21(30)31)8-14(22)17(10)32-13-5-6-15-16(9-13)27(12-3-4-12)20(29)25-15/h5-9,12H,2-4H2,1H3,(H2,23,26)(H,24,28)(H,25,29)(H,30,31). The summed E-state index contributed by atoms with van der Waals surface area (Å²) in [7, 11) is 0. The Morgan fingerprint density at radius 1 is 1.34 bits per heavy atom. The van der Waals surface area contributed by atoms with Crippen LogP contribution in [0.25, 0.3) is 11.0 Å². The minimum Gasteiger partial charge on any atom is -0.463 e. The van der Waals surface area contributed by atoms with Crippen LogP contribution < -0.4 is 21.5 Å². The number of hydrogen-bond acceptors (Lipinski definition) is 4. The number of anilines is 1. The third kappa shape index (κ3) is 4.30. The van der Waals surface area contributed by atoms with E-state index in [1.165, 1.54) is 6.07 Å². The van der Waals surface area contributed by atoms with Crippen molar-refractivity contribution in [3.05, 3.63) is 51.4 Å². The molecule has 0 spiro atoms. The van der Waals surface area contributed by atoms with E-state index in [0.29, 0.717) is 29.2 Å². The van der Waals surface area contributed by atoms with E-state index < -0.39 is 17.8 Å². The first-order valence-corrected chi connectivity index (χ1v) is 10.3. The number of carbonyl (C=O) groups excluding carboxylic acids is 1. The van der Waals surface area contributed by atoms with Crippen molar-refractivity contribution in [3.8, 4) is 11.5 Å². The van der Waals surface area contributed by atoms with Crippen LogP contribution in [0.3, 0.4) is 0 Å². The molecule has 1 fully saturated rings. The van der Waals surface area contributed by atoms with Crippen molar-refractivity contribution in [1.82, 2.24) is 9.55 Å². The topological polar surface area (TPSA) is 152 Å². The van der Waals surface area contributed by atoms with Crippen molar-refractivity contribution in [1.29, 1.82) is 0 Å². The van der Waals surface area contributed by atoms with E-state index in [9.17, 15) is 14.4 Å². The Morgan fingerprint density at radius 2 is 2.09 bits per heavy atom. The zero-order valence-electron chi connectivity index (χ0n) is 17.0. The van der Waals surface area contributed by atoms with Gasteiger partial charge in [0, 0.05) is 17.8 Å². The summed E-state index contributed by atoms with van der Waals surface area (Å²) in [6, 6.07) is 8.65. The molecule has 1 aromatic heterocycles. The Bertz CT molecular complexity index is 1320. The molecular weight excluding hydrogens is 438 g/mol. The van der Waals surface area contributed by atoms with Gasteiger partial charge in [-0.05, 0) is 49.1 Å². The number of benzene rings is 2. The first-order valence-electron chi connectivity index (χ1n) is 9.89. The number of aromatic nitrogens is 2. The maximum absolute atomic E-state index is 12.2. The first kappa shape index (κ1) is 21.4. The van der Waals surface area contributed by atoms with Crippen LogP contribution in [0.1, 0.15) is 31.4 Å². The van der Waals surface area contributed by atoms with Crippen molar-refractivity contribution >= 4 is 46.2 Å². The number of nitrogens with one attached hydrogen (secondary N) is 2. The molecule has 2 aromatic carbocycles. The lowest BCUT2D eigenvalue weighted by atomic mass is 10.1. The van der Waals surface area contributed by atoms with Gasteiger partial charge in [-0.15, -0.1) is 0 Å². The molecule has 2 amide bonds. The molecule has 0 radical (unpaired) electrons. The molecule has 0 saturated heterocycles. The highest BCUT2D eigenvalue weighted by Crippen LogP contribution is 2.39. The lowest BCUT2D eigenvalue weighted by Gasteiger charge is -2.15. The Labute approximate surface area is 186 Å². The molecule has 1 heterocycles. The van der Waals surface area contributed by atoms with Crippen molar-refractivity contribution in [2.24, 2.45) is 10.7 Å². The molecule has 3 aromatic rings. The lowest BCUT2D eigenvalue weighted by molar-refractivity contribution is -0.110. The van der Waals surface area contributed by atoms with Crippen LogP contribution in [0.15, 0.2) is 40.1 Å². The average molecular weight is 458 g/mol. The number of ether oxygens (including phenoxy) is 1. The van der Waals surface area contributed by atoms with E-state index in [0.717, 1.165) is 23.9 Å². The summed E-state index contributed by atoms with van der Waals surface area (Å²) in [5, 5.41) is 11.3. The number of rotatable bonds is 5. The van der Waals surface area contributed by atoms with Crippen molar-refractivity contribution in [2.45, 2.75) is 32.2 Å². The molecule has 0 atom stereocenters. The van der Waals surface area contributed by atoms with Crippen LogP contribution in [0, 0.1) is 0 Å². The monoisotopic (exact) mass is 457 g/mol. The fourth-order valence-corrected chi connectivity index (χ4v) is 3.70. The largest absolute Gasteiger partial charge is 0.463 e. The fourth-order valence-electron chi connectivity index (χ4n) is 3.43. The smallest absolute Gasteiger partial charge is 0.433 e. The second-order valence-electron chi connectivity index (χ2n) is 7.35. The zero-order valence-corrected chi connectivity index (χ0v) is 17.8. The van der Waals surface area contributed by atoms with Gasteiger partial charge in [-0.3, -0.25) is 9.36 Å². The number of amidine groups is 1. The van der Waals surface area contributed by atoms with Gasteiger partial charge >= 0.3 is 11.8 Å². The minimum atomic E-state index is -1.57. The van der Waals surface area contributed by atoms with Gasteiger partial charge in [0.25, 0.3) is 5.91 Å². The Hall–Kier alpha value is -3.79. The number of aryl methyl sites for hydroxylation is 1. The number of aromatic amines is 1. The maximum Gasteiger partial charge on any atom is 0.433 e. The zero-order chi connectivity index (χ0) is 23.0. The highest BCUT2D eigenvalue weighted by atomic mass is 35.5. The van der Waals surface area contributed by atoms with Crippen molar-refractivity contribution in [2.75, 3.05) is 5.32 Å². The summed E-state index contributed by atoms with van der Waals surface area (Å²) in [5.74, 6) is -0.629. The maximum atomic E-state index is 12.2. The van der Waals surface area contributed by atoms with Crippen LogP contribution in [0.5, 0.6) is 11.5 Å². The van der Waals surface area contributed by atoms with Crippen LogP contribution >= 0.6 is 11.6 Å². The number of carboxylic acid groups (broad SMARTS) is 1. The van der Waals surface area contributed by atoms with E-state index >= 15 is 0 Å². The van der Waals surface area contributed by atoms with Gasteiger partial charge in [0.2, 0.25) is 0 Å². The Kier molecular flexibility index (Phi) is 5.62. The average Bonchev–Trinajstić information content (AvgIpc) is 3.50. The molecule has 0 unspecified atom stereocenters. The highest BCUT2D eigenvalue weighted by Gasteiger charge is 2.27. The normalized spacial score (nSPS) is 13.9. The number of carbonyl (C=O) groups is 2. The molecule has 10 nitrogen and oxygen atoms in total. The van der Waals surface area contributed by atoms with Gasteiger partial charge in [0.1, 0.15) is 11.5 Å². The van der Waals surface area contributed by atoms with Gasteiger partial charge in [-0.25, -0.2) is 9.59 Å². The van der Waals surface area contributed by atoms with E-state index in [4.69, 9.17) is 27.2 Å². The summed E-state index contributed by atoms with van der Waals surface area (Å²) in [6.07, 6.45) is 0.911. The minimum absolute atomic E-state index is 0.141. The molecular formula is C21H20ClN5O5. The van der Waals surface area contributed by atoms with Crippen LogP contribution in [0.2, 0.25) is 5.02 Å². The first-order chi connectivity index (χ1) is 15.3. The summed E-state index contributed by atoms with van der Waals surface area (Å²) in [5.41, 5.74) is 7.74. The second-order valence-corrected chi connectivity index (χ2v) is 7.75. The number of aliphatic imine (C=N–C) groups is 1. The third-order valence-corrected chi connectivity index (χ3v) is 5.31. The summed E-state index contributed by atoms with van der Waals surface area (Å²) >= 11 is 6.43. The number of hydrogen-bond donors (Lipinski definition) is 4. The van der Waals surface area contributed by atoms with Crippen LogP contribution in [-0.2, 0) is 11.2 Å². The van der Waals surface area contributed by atoms with E-state index in [-0.39, 0.29) is 16.8 Å². The molecule has 1 aliphatic rings. The molecule has 0 bridgehead atoms. The van der Waals surface area contributed by atoms with Gasteiger partial charge in [-0.2, -0.15) is 4.99 Å². The summed E-state index contributed by atoms with van der Waals surface area (Å²) < 4.78 is 7.81. The molecule has 11 heteroatoms. The Balaban J connectivity index is 1.63. The van der Waals surface area contributed by atoms with Crippen LogP contribution in [-0.4, -0.2) is 32.5 Å². The number of nitrogens with two attached hydrogens (primary N) is 1. The number of halogens is 1. The van der Waals surface area contributed by atoms with Crippen molar-refractivity contribution < 1.29 is 19.4 Å². The molecule has 166 valence electrons. The quantitative estimate of drug-likeness (QED) is 0.339. The molecule has 1 saturated carbocycles. The highest BCUT2D eigenvalue weighted by molar-refractivity contribution is 6.42. The fraction of sp³-hybridized carbons (Fsp3) is 0.238. The molecule has 32 heavy (non-hydrogen) atoms. The van der Waals surface area contributed by atoms with E-state index in [1.807, 2.05) is 6.92 Å². The number of imidazole rings is 1. The predicted octanol–water partition coefficient (Wildman–Crippen LogP) is 3.65. The Morgan fingerprint density at radius 3 is 2.75 bits per heavy atom. The molecule has 4 rings (SSSR count). The van der Waals surface area contributed by atoms with Gasteiger partial charge in [-0.1, -0.05) is 18.5 Å². The number of fused-ring (bicyclic) bond motifs is 1. The molecule has 5 N–H and O–H groups in total. The summed E-state index contributed by atoms with van der Waals surface area (Å²) in [4.78, 5) is 40.7. The second kappa shape index (κ2) is 8.39. The number of H-pyrrole nitrogens is 1. The molecule has 0 aliphatic heterocycles. The van der Waals surface area contributed by atoms with Crippen molar-refractivity contribution in [3.63, 3.8) is 0 Å². The predicted molar refractivity (Wildman–Crippen MR) is 120 cm³/mol. The lowest BCUT2D eigenvalue weighted by Crippen LogP contribution is -2.31. The van der Waals surface area contributed by atoms with E-state index in [2.05, 4.69) is 15.3 Å². The van der Waals surface area contributed by atoms with Gasteiger partial charge in [0.15, 0.2) is 5.84 Å². The van der Waals surface area contributed by atoms with E-state index in [1.54, 1.807) is 28.8 Å². The third-order valence-electron chi connectivity index (χ3n) is 5.03. The van der Waals surface area contributed by atoms with Gasteiger partial charge < -0.3 is 25.9 Å². The SMILES string of the molecule is CCc1cc(NC(=O)/C(N)=N/C(=O)O)cc(Cl)c1Oc1ccc2[nH]c(=O)n(C3CC3)c2c1. The number of nitrogens with zero attached hydrogens (tertiary/aromatic N) is 2. The summed E-state index contributed by atoms with van der Waals surface area (Å²) in [6.45, 7) is 1.89. The molecule has 1 aliphatic carbocycles. The van der Waals surface area contributed by atoms with Gasteiger partial charge in [0.05, 0.1) is 16.1 Å². The van der Waals surface area contributed by atoms with Crippen LogP contribution in [0.4, 0.5) is 10.5 Å².